The van der Waals surface area contributed by atoms with Gasteiger partial charge in [-0.05, 0) is 6.92 Å². The van der Waals surface area contributed by atoms with Crippen molar-refractivity contribution in [1.82, 2.24) is 0 Å². The first-order chi connectivity index (χ1) is 4.50. The molecule has 4 nitrogen and oxygen atoms in total. The Kier molecular flexibility index (Phi) is 9.59. The van der Waals surface area contributed by atoms with Crippen LogP contribution in [0.5, 0.6) is 0 Å². The summed E-state index contributed by atoms with van der Waals surface area (Å²) in [5.74, 6) is -0.833. The summed E-state index contributed by atoms with van der Waals surface area (Å²) in [6.45, 7) is 2.66. The first-order valence-electron chi connectivity index (χ1n) is 2.82. The minimum atomic E-state index is -0.833. The molecule has 0 fully saturated rings. The van der Waals surface area contributed by atoms with E-state index in [1.165, 1.54) is 0 Å². The fourth-order valence-electron chi connectivity index (χ4n) is 0.139. The average Bonchev–Trinajstić information content (AvgIpc) is 1.62. The number of rotatable bonds is 2. The smallest absolute Gasteiger partial charge is 0.300 e. The van der Waals surface area contributed by atoms with Crippen molar-refractivity contribution in [3.05, 3.63) is 0 Å². The maximum atomic E-state index is 9.46. The van der Waals surface area contributed by atoms with Gasteiger partial charge in [-0.25, -0.2) is 0 Å². The van der Waals surface area contributed by atoms with E-state index in [0.29, 0.717) is 6.29 Å². The maximum Gasteiger partial charge on any atom is 0.300 e. The Balaban J connectivity index is 0. The number of aliphatic hydroxyl groups is 1. The topological polar surface area (TPSA) is 74.6 Å². The molecule has 0 heterocycles. The number of aliphatic carboxylic acids is 1. The zero-order chi connectivity index (χ0) is 8.57. The largest absolute Gasteiger partial charge is 0.481 e. The highest BCUT2D eigenvalue weighted by molar-refractivity contribution is 5.62. The van der Waals surface area contributed by atoms with Crippen molar-refractivity contribution in [2.75, 3.05) is 0 Å². The molecule has 0 bridgehead atoms. The summed E-state index contributed by atoms with van der Waals surface area (Å²) in [7, 11) is 0. The second kappa shape index (κ2) is 8.10. The predicted molar refractivity (Wildman–Crippen MR) is 35.7 cm³/mol. The van der Waals surface area contributed by atoms with Gasteiger partial charge in [-0.2, -0.15) is 0 Å². The lowest BCUT2D eigenvalue weighted by molar-refractivity contribution is -0.134. The van der Waals surface area contributed by atoms with Crippen LogP contribution in [0.1, 0.15) is 20.3 Å². The van der Waals surface area contributed by atoms with Gasteiger partial charge in [-0.15, -0.1) is 0 Å². The van der Waals surface area contributed by atoms with E-state index in [9.17, 15) is 4.79 Å². The highest BCUT2D eigenvalue weighted by Gasteiger charge is 1.87. The van der Waals surface area contributed by atoms with Crippen LogP contribution in [0, 0.1) is 0 Å². The maximum absolute atomic E-state index is 9.46. The van der Waals surface area contributed by atoms with E-state index in [-0.39, 0.29) is 6.42 Å². The molecule has 0 spiro atoms. The molecule has 0 aromatic heterocycles. The third kappa shape index (κ3) is 59.9. The van der Waals surface area contributed by atoms with Crippen LogP contribution in [-0.2, 0) is 9.59 Å². The first kappa shape index (κ1) is 11.8. The van der Waals surface area contributed by atoms with E-state index in [0.717, 1.165) is 6.92 Å². The molecule has 0 rings (SSSR count). The zero-order valence-electron chi connectivity index (χ0n) is 6.07. The highest BCUT2D eigenvalue weighted by atomic mass is 16.4. The predicted octanol–water partition coefficient (Wildman–Crippen LogP) is 0.0471. The van der Waals surface area contributed by atoms with Gasteiger partial charge in [-0.3, -0.25) is 4.79 Å². The Morgan fingerprint density at radius 1 is 1.70 bits per heavy atom. The highest BCUT2D eigenvalue weighted by Crippen LogP contribution is 1.80. The summed E-state index contributed by atoms with van der Waals surface area (Å²) >= 11 is 0. The second-order valence-corrected chi connectivity index (χ2v) is 1.77. The molecule has 0 aromatic carbocycles. The van der Waals surface area contributed by atoms with Crippen LogP contribution in [-0.4, -0.2) is 28.6 Å². The quantitative estimate of drug-likeness (QED) is 0.542. The van der Waals surface area contributed by atoms with Crippen LogP contribution < -0.4 is 0 Å². The van der Waals surface area contributed by atoms with Gasteiger partial charge in [0.05, 0.1) is 6.10 Å². The Morgan fingerprint density at radius 3 is 2.00 bits per heavy atom. The second-order valence-electron chi connectivity index (χ2n) is 1.77. The van der Waals surface area contributed by atoms with Crippen molar-refractivity contribution in [3.63, 3.8) is 0 Å². The van der Waals surface area contributed by atoms with Crippen molar-refractivity contribution >= 4 is 12.3 Å². The lowest BCUT2D eigenvalue weighted by Gasteiger charge is -1.89. The standard InChI is InChI=1S/C4H8O2.C2H4O2/c1-4(6)2-3-5;1-2(3)4/h3-4,6H,2H2,1H3;1H3,(H,3,4). The number of hydrogen-bond donors (Lipinski definition) is 2. The van der Waals surface area contributed by atoms with E-state index in [1.807, 2.05) is 0 Å². The average molecular weight is 148 g/mol. The minimum Gasteiger partial charge on any atom is -0.481 e. The molecule has 0 aliphatic heterocycles. The van der Waals surface area contributed by atoms with Crippen molar-refractivity contribution in [2.45, 2.75) is 26.4 Å². The van der Waals surface area contributed by atoms with Gasteiger partial charge in [0.25, 0.3) is 5.97 Å². The first-order valence-corrected chi connectivity index (χ1v) is 2.82. The normalized spacial score (nSPS) is 10.7. The molecule has 4 heteroatoms. The Labute approximate surface area is 59.5 Å². The molecular weight excluding hydrogens is 136 g/mol. The molecule has 1 unspecified atom stereocenters. The molecule has 0 saturated carbocycles. The number of aliphatic hydroxyl groups excluding tert-OH is 1. The fraction of sp³-hybridized carbons (Fsp3) is 0.667. The van der Waals surface area contributed by atoms with Crippen LogP contribution in [0.4, 0.5) is 0 Å². The minimum absolute atomic E-state index is 0.250. The summed E-state index contributed by atoms with van der Waals surface area (Å²) in [6, 6.07) is 0. The molecular formula is C6H12O4. The number of hydrogen-bond acceptors (Lipinski definition) is 3. The third-order valence-electron chi connectivity index (χ3n) is 0.437. The zero-order valence-corrected chi connectivity index (χ0v) is 6.07. The number of carboxylic acid groups (broad SMARTS) is 1. The molecule has 0 aliphatic rings. The number of carboxylic acids is 1. The summed E-state index contributed by atoms with van der Waals surface area (Å²) in [5.41, 5.74) is 0. The van der Waals surface area contributed by atoms with Crippen LogP contribution in [0.25, 0.3) is 0 Å². The van der Waals surface area contributed by atoms with Crippen LogP contribution in [0.15, 0.2) is 0 Å². The van der Waals surface area contributed by atoms with Crippen LogP contribution in [0.2, 0.25) is 0 Å². The summed E-state index contributed by atoms with van der Waals surface area (Å²) < 4.78 is 0. The van der Waals surface area contributed by atoms with Gasteiger partial charge in [0.15, 0.2) is 0 Å². The monoisotopic (exact) mass is 148 g/mol. The van der Waals surface area contributed by atoms with E-state index >= 15 is 0 Å². The van der Waals surface area contributed by atoms with Gasteiger partial charge in [0.2, 0.25) is 0 Å². The van der Waals surface area contributed by atoms with Crippen LogP contribution >= 0.6 is 0 Å². The Morgan fingerprint density at radius 2 is 2.00 bits per heavy atom. The lowest BCUT2D eigenvalue weighted by atomic mass is 10.3. The SMILES string of the molecule is CC(=O)O.CC(O)CC=O. The fourth-order valence-corrected chi connectivity index (χ4v) is 0.139. The molecule has 0 amide bonds. The van der Waals surface area contributed by atoms with Crippen molar-refractivity contribution in [1.29, 1.82) is 0 Å². The van der Waals surface area contributed by atoms with Gasteiger partial charge >= 0.3 is 0 Å². The molecule has 10 heavy (non-hydrogen) atoms. The van der Waals surface area contributed by atoms with Gasteiger partial charge in [0.1, 0.15) is 6.29 Å². The molecule has 0 aliphatic carbocycles. The molecule has 1 atom stereocenters. The Hall–Kier alpha value is -0.900. The lowest BCUT2D eigenvalue weighted by Crippen LogP contribution is -1.97. The molecule has 2 N–H and O–H groups in total. The van der Waals surface area contributed by atoms with E-state index in [4.69, 9.17) is 15.0 Å². The van der Waals surface area contributed by atoms with E-state index in [2.05, 4.69) is 0 Å². The summed E-state index contributed by atoms with van der Waals surface area (Å²) in [5, 5.41) is 15.7. The van der Waals surface area contributed by atoms with Gasteiger partial charge in [-0.1, -0.05) is 0 Å². The van der Waals surface area contributed by atoms with E-state index in [1.54, 1.807) is 6.92 Å². The molecule has 60 valence electrons. The van der Waals surface area contributed by atoms with Crippen LogP contribution in [0.3, 0.4) is 0 Å². The molecule has 0 radical (unpaired) electrons. The molecule has 0 saturated heterocycles. The Bertz CT molecular complexity index is 93.9. The summed E-state index contributed by atoms with van der Waals surface area (Å²) in [6.07, 6.45) is 0.479. The van der Waals surface area contributed by atoms with E-state index < -0.39 is 12.1 Å². The molecule has 0 aromatic rings. The number of carbonyl (C=O) groups is 2. The number of aldehydes is 1. The van der Waals surface area contributed by atoms with Gasteiger partial charge < -0.3 is 15.0 Å². The summed E-state index contributed by atoms with van der Waals surface area (Å²) in [4.78, 5) is 18.5. The third-order valence-corrected chi connectivity index (χ3v) is 0.437. The number of carbonyl (C=O) groups excluding carboxylic acids is 1. The van der Waals surface area contributed by atoms with Crippen molar-refractivity contribution in [3.8, 4) is 0 Å². The van der Waals surface area contributed by atoms with Gasteiger partial charge in [0, 0.05) is 13.3 Å². The van der Waals surface area contributed by atoms with Crippen molar-refractivity contribution in [2.24, 2.45) is 0 Å². The van der Waals surface area contributed by atoms with Crippen molar-refractivity contribution < 1.29 is 19.8 Å².